The van der Waals surface area contributed by atoms with Gasteiger partial charge >= 0.3 is 6.18 Å². The molecule has 0 bridgehead atoms. The van der Waals surface area contributed by atoms with Gasteiger partial charge in [0.25, 0.3) is 5.91 Å². The summed E-state index contributed by atoms with van der Waals surface area (Å²) in [6, 6.07) is 10.8. The summed E-state index contributed by atoms with van der Waals surface area (Å²) in [5.74, 6) is -1.54. The number of nitrogens with two attached hydrogens (primary N) is 1. The molecule has 1 aliphatic rings. The molecule has 1 atom stereocenters. The summed E-state index contributed by atoms with van der Waals surface area (Å²) in [6.07, 6.45) is -5.08. The highest BCUT2D eigenvalue weighted by molar-refractivity contribution is 6.11. The van der Waals surface area contributed by atoms with Crippen LogP contribution >= 0.6 is 0 Å². The summed E-state index contributed by atoms with van der Waals surface area (Å²) in [5, 5.41) is 7.40. The van der Waals surface area contributed by atoms with Gasteiger partial charge in [-0.3, -0.25) is 14.9 Å². The molecular weight excluding hydrogens is 413 g/mol. The largest absolute Gasteiger partial charge is 0.418 e. The number of aliphatic imine (C=N–C) groups is 2. The van der Waals surface area contributed by atoms with E-state index in [0.717, 1.165) is 17.7 Å². The molecule has 5 N–H and O–H groups in total. The molecule has 1 aliphatic heterocycles. The number of nitrogens with one attached hydrogen (secondary N) is 3. The van der Waals surface area contributed by atoms with Crippen molar-refractivity contribution in [2.24, 2.45) is 15.7 Å². The molecule has 2 aromatic carbocycles. The Labute approximate surface area is 175 Å². The Kier molecular flexibility index (Phi) is 6.23. The predicted molar refractivity (Wildman–Crippen MR) is 110 cm³/mol. The molecule has 11 heteroatoms. The highest BCUT2D eigenvalue weighted by Crippen LogP contribution is 2.34. The van der Waals surface area contributed by atoms with Gasteiger partial charge in [0.2, 0.25) is 17.8 Å². The van der Waals surface area contributed by atoms with Crippen molar-refractivity contribution in [3.05, 3.63) is 59.7 Å². The van der Waals surface area contributed by atoms with Crippen molar-refractivity contribution in [2.75, 3.05) is 10.6 Å². The average molecular weight is 432 g/mol. The van der Waals surface area contributed by atoms with E-state index in [2.05, 4.69) is 25.9 Å². The Morgan fingerprint density at radius 2 is 1.94 bits per heavy atom. The third-order valence-corrected chi connectivity index (χ3v) is 4.22. The van der Waals surface area contributed by atoms with Crippen LogP contribution in [0.3, 0.4) is 0 Å². The van der Waals surface area contributed by atoms with E-state index in [9.17, 15) is 22.8 Å². The van der Waals surface area contributed by atoms with Crippen molar-refractivity contribution in [1.29, 1.82) is 0 Å². The van der Waals surface area contributed by atoms with Gasteiger partial charge in [0, 0.05) is 5.69 Å². The highest BCUT2D eigenvalue weighted by Gasteiger charge is 2.34. The number of hydrogen-bond donors (Lipinski definition) is 4. The fraction of sp³-hybridized carbons (Fsp3) is 0.200. The summed E-state index contributed by atoms with van der Waals surface area (Å²) < 4.78 is 39.1. The zero-order valence-electron chi connectivity index (χ0n) is 16.3. The molecule has 0 spiro atoms. The summed E-state index contributed by atoms with van der Waals surface area (Å²) in [7, 11) is 0. The van der Waals surface area contributed by atoms with Crippen LogP contribution in [0.5, 0.6) is 0 Å². The van der Waals surface area contributed by atoms with Gasteiger partial charge in [0.15, 0.2) is 0 Å². The smallest absolute Gasteiger partial charge is 0.369 e. The Morgan fingerprint density at radius 3 is 2.65 bits per heavy atom. The minimum atomic E-state index is -4.63. The normalized spacial score (nSPS) is 16.5. The molecule has 0 fully saturated rings. The van der Waals surface area contributed by atoms with Gasteiger partial charge in [-0.2, -0.15) is 18.2 Å². The van der Waals surface area contributed by atoms with Crippen molar-refractivity contribution in [3.8, 4) is 0 Å². The number of para-hydroxylation sites is 1. The second kappa shape index (κ2) is 8.86. The zero-order chi connectivity index (χ0) is 22.6. The van der Waals surface area contributed by atoms with Crippen molar-refractivity contribution in [1.82, 2.24) is 5.32 Å². The van der Waals surface area contributed by atoms with Crippen LogP contribution < -0.4 is 21.7 Å². The summed E-state index contributed by atoms with van der Waals surface area (Å²) in [4.78, 5) is 32.2. The van der Waals surface area contributed by atoms with Gasteiger partial charge in [-0.1, -0.05) is 24.3 Å². The van der Waals surface area contributed by atoms with Crippen LogP contribution in [0.4, 0.5) is 24.5 Å². The van der Waals surface area contributed by atoms with Crippen LogP contribution in [0.25, 0.3) is 0 Å². The first-order valence-electron chi connectivity index (χ1n) is 9.14. The molecule has 0 aromatic heterocycles. The first-order valence-corrected chi connectivity index (χ1v) is 9.14. The number of benzene rings is 2. The van der Waals surface area contributed by atoms with Crippen molar-refractivity contribution >= 4 is 35.1 Å². The molecule has 2 amide bonds. The van der Waals surface area contributed by atoms with Crippen LogP contribution in [-0.4, -0.2) is 29.8 Å². The van der Waals surface area contributed by atoms with Crippen molar-refractivity contribution < 1.29 is 22.8 Å². The molecule has 0 aliphatic carbocycles. The van der Waals surface area contributed by atoms with Gasteiger partial charge in [-0.15, -0.1) is 0 Å². The van der Waals surface area contributed by atoms with Crippen molar-refractivity contribution in [2.45, 2.75) is 25.6 Å². The molecule has 2 aromatic rings. The van der Waals surface area contributed by atoms with E-state index in [4.69, 9.17) is 5.73 Å². The number of alkyl halides is 3. The number of halogens is 3. The third-order valence-electron chi connectivity index (χ3n) is 4.22. The molecule has 1 heterocycles. The molecule has 162 valence electrons. The lowest BCUT2D eigenvalue weighted by atomic mass is 10.1. The summed E-state index contributed by atoms with van der Waals surface area (Å²) in [5.41, 5.74) is 6.12. The van der Waals surface area contributed by atoms with E-state index in [1.54, 1.807) is 6.07 Å². The van der Waals surface area contributed by atoms with Gasteiger partial charge in [-0.25, -0.2) is 4.99 Å². The fourth-order valence-corrected chi connectivity index (χ4v) is 2.86. The molecule has 0 radical (unpaired) electrons. The maximum absolute atomic E-state index is 13.0. The van der Waals surface area contributed by atoms with E-state index >= 15 is 0 Å². The van der Waals surface area contributed by atoms with Gasteiger partial charge in [0.1, 0.15) is 6.04 Å². The lowest BCUT2D eigenvalue weighted by Crippen LogP contribution is -2.32. The quantitative estimate of drug-likeness (QED) is 0.438. The topological polar surface area (TPSA) is 121 Å². The number of aryl methyl sites for hydroxylation is 1. The summed E-state index contributed by atoms with van der Waals surface area (Å²) in [6.45, 7) is 1.91. The fourth-order valence-electron chi connectivity index (χ4n) is 2.86. The van der Waals surface area contributed by atoms with E-state index in [-0.39, 0.29) is 11.9 Å². The van der Waals surface area contributed by atoms with Gasteiger partial charge in [0.05, 0.1) is 17.7 Å². The monoisotopic (exact) mass is 432 g/mol. The van der Waals surface area contributed by atoms with Crippen LogP contribution in [0, 0.1) is 6.92 Å². The molecule has 3 rings (SSSR count). The van der Waals surface area contributed by atoms with E-state index < -0.39 is 41.7 Å². The number of nitrogens with zero attached hydrogens (tertiary/aromatic N) is 2. The first kappa shape index (κ1) is 21.8. The number of carbonyl (C=O) groups is 2. The molecule has 0 saturated heterocycles. The lowest BCUT2D eigenvalue weighted by molar-refractivity contribution is -0.137. The molecule has 0 saturated carbocycles. The van der Waals surface area contributed by atoms with E-state index in [0.29, 0.717) is 5.69 Å². The highest BCUT2D eigenvalue weighted by atomic mass is 19.4. The first-order chi connectivity index (χ1) is 14.6. The molecule has 1 unspecified atom stereocenters. The minimum Gasteiger partial charge on any atom is -0.369 e. The Hall–Kier alpha value is -3.89. The summed E-state index contributed by atoms with van der Waals surface area (Å²) >= 11 is 0. The second-order valence-electron chi connectivity index (χ2n) is 6.74. The Bertz CT molecular complexity index is 1060. The zero-order valence-corrected chi connectivity index (χ0v) is 16.3. The number of hydrogen-bond acceptors (Lipinski definition) is 4. The van der Waals surface area contributed by atoms with Crippen LogP contribution in [-0.2, 0) is 15.8 Å². The standard InChI is InChI=1S/C20H19F3N6O2/c1-11-5-4-6-12(9-11)25-18(24)29-19-27-15(17(31)28-19)10-16(30)26-14-8-3-2-7-13(14)20(21,22)23/h2-9,15H,10H2,1H3,(H,26,30)(H4,24,25,27,28,29,31). The van der Waals surface area contributed by atoms with E-state index in [1.165, 1.54) is 12.1 Å². The SMILES string of the molecule is Cc1cccc(N/C(N)=N/C2=NC(CC(=O)Nc3ccccc3C(F)(F)F)C(=O)N2)c1. The van der Waals surface area contributed by atoms with E-state index in [1.807, 2.05) is 25.1 Å². The van der Waals surface area contributed by atoms with Gasteiger partial charge < -0.3 is 16.4 Å². The maximum Gasteiger partial charge on any atom is 0.418 e. The number of rotatable bonds is 4. The van der Waals surface area contributed by atoms with Crippen LogP contribution in [0.1, 0.15) is 17.5 Å². The number of amides is 2. The predicted octanol–water partition coefficient (Wildman–Crippen LogP) is 2.62. The second-order valence-corrected chi connectivity index (χ2v) is 6.74. The lowest BCUT2D eigenvalue weighted by Gasteiger charge is -2.13. The minimum absolute atomic E-state index is 0.0335. The molecule has 31 heavy (non-hydrogen) atoms. The number of carbonyl (C=O) groups excluding carboxylic acids is 2. The molecular formula is C20H19F3N6O2. The number of guanidine groups is 2. The van der Waals surface area contributed by atoms with Crippen LogP contribution in [0.15, 0.2) is 58.5 Å². The van der Waals surface area contributed by atoms with Gasteiger partial charge in [-0.05, 0) is 36.8 Å². The third kappa shape index (κ3) is 5.81. The number of anilines is 2. The van der Waals surface area contributed by atoms with Crippen LogP contribution in [0.2, 0.25) is 0 Å². The Balaban J connectivity index is 1.65. The Morgan fingerprint density at radius 1 is 1.19 bits per heavy atom. The van der Waals surface area contributed by atoms with Crippen molar-refractivity contribution in [3.63, 3.8) is 0 Å². The maximum atomic E-state index is 13.0. The average Bonchev–Trinajstić information content (AvgIpc) is 2.99. The molecule has 8 nitrogen and oxygen atoms in total.